The third-order valence-corrected chi connectivity index (χ3v) is 14.7. The maximum Gasteiger partial charge on any atom is 0.0727 e. The Hall–Kier alpha value is -1.55. The second-order valence-electron chi connectivity index (χ2n) is 8.04. The van der Waals surface area contributed by atoms with E-state index < -0.39 is 25.7 Å². The molecule has 0 saturated heterocycles. The van der Waals surface area contributed by atoms with Crippen LogP contribution in [0, 0.1) is 0 Å². The molecule has 0 radical (unpaired) electrons. The molecule has 0 atom stereocenters. The van der Waals surface area contributed by atoms with Crippen LogP contribution in [0.3, 0.4) is 0 Å². The van der Waals surface area contributed by atoms with Crippen molar-refractivity contribution in [1.29, 1.82) is 0 Å². The van der Waals surface area contributed by atoms with Crippen LogP contribution in [-0.4, -0.2) is 25.7 Å². The smallest absolute Gasteiger partial charge is 0.0727 e. The number of fused-ring (bicyclic) bond motifs is 2. The minimum absolute atomic E-state index is 0.277. The second kappa shape index (κ2) is 13.7. The number of carboxylic acid groups (broad SMARTS) is 1. The number of unbranched alkanes of at least 4 members (excludes halogenated alkanes) is 3. The Morgan fingerprint density at radius 2 is 1.13 bits per heavy atom. The summed E-state index contributed by atoms with van der Waals surface area (Å²) in [6.07, 6.45) is 8.85. The molecule has 0 fully saturated rings. The predicted octanol–water partition coefficient (Wildman–Crippen LogP) is 7.24. The number of aromatic carboxylic acids is 1. The summed E-state index contributed by atoms with van der Waals surface area (Å²) in [5.41, 5.74) is 0.277. The number of benzene rings is 3. The summed E-state index contributed by atoms with van der Waals surface area (Å²) in [6.45, 7) is 7.00. The largest absolute Gasteiger partial charge is 0.545 e. The fourth-order valence-electron chi connectivity index (χ4n) is 3.89. The van der Waals surface area contributed by atoms with Gasteiger partial charge in [0.05, 0.1) is 5.97 Å². The fourth-order valence-corrected chi connectivity index (χ4v) is 13.3. The molecule has 3 heteroatoms. The number of carboxylic acids is 1. The molecular formula is C27H36O2Sn. The second-order valence-corrected chi connectivity index (χ2v) is 16.6. The van der Waals surface area contributed by atoms with Crippen LogP contribution in [0.1, 0.15) is 69.7 Å². The van der Waals surface area contributed by atoms with Gasteiger partial charge in [0.1, 0.15) is 0 Å². The summed E-state index contributed by atoms with van der Waals surface area (Å²) >= 11 is -0.839. The van der Waals surface area contributed by atoms with Crippen LogP contribution in [0.25, 0.3) is 21.5 Å². The van der Waals surface area contributed by atoms with Crippen molar-refractivity contribution in [1.82, 2.24) is 0 Å². The normalized spacial score (nSPS) is 10.6. The van der Waals surface area contributed by atoms with Gasteiger partial charge in [-0.15, -0.1) is 0 Å². The molecule has 3 rings (SSSR count). The minimum atomic E-state index is -1.13. The molecule has 3 aromatic rings. The van der Waals surface area contributed by atoms with Gasteiger partial charge in [-0.3, -0.25) is 0 Å². The van der Waals surface area contributed by atoms with Crippen molar-refractivity contribution in [3.63, 3.8) is 0 Å². The quantitative estimate of drug-likeness (QED) is 0.213. The Morgan fingerprint density at radius 3 is 1.50 bits per heavy atom. The van der Waals surface area contributed by atoms with Crippen molar-refractivity contribution in [3.05, 3.63) is 60.2 Å². The van der Waals surface area contributed by atoms with Crippen molar-refractivity contribution in [2.45, 2.75) is 72.6 Å². The van der Waals surface area contributed by atoms with E-state index in [1.165, 1.54) is 38.5 Å². The molecular weight excluding hydrogens is 475 g/mol. The Balaban J connectivity index is 0.000000224. The molecule has 0 aliphatic carbocycles. The van der Waals surface area contributed by atoms with E-state index in [9.17, 15) is 9.90 Å². The summed E-state index contributed by atoms with van der Waals surface area (Å²) in [5, 5.41) is 14.6. The Bertz CT molecular complexity index is 846. The average molecular weight is 511 g/mol. The van der Waals surface area contributed by atoms with Crippen molar-refractivity contribution >= 4 is 47.3 Å². The van der Waals surface area contributed by atoms with E-state index in [4.69, 9.17) is 0 Å². The number of rotatable bonds is 10. The van der Waals surface area contributed by atoms with E-state index >= 15 is 0 Å². The molecule has 0 amide bonds. The van der Waals surface area contributed by atoms with E-state index in [-0.39, 0.29) is 5.56 Å². The summed E-state index contributed by atoms with van der Waals surface area (Å²) in [4.78, 5) is 11.3. The van der Waals surface area contributed by atoms with Gasteiger partial charge < -0.3 is 9.90 Å². The van der Waals surface area contributed by atoms with Crippen LogP contribution in [0.5, 0.6) is 0 Å². The van der Waals surface area contributed by atoms with Gasteiger partial charge in [0, 0.05) is 5.56 Å². The molecule has 0 aliphatic rings. The fraction of sp³-hybridized carbons (Fsp3) is 0.444. The van der Waals surface area contributed by atoms with E-state index in [1.54, 1.807) is 13.3 Å². The van der Waals surface area contributed by atoms with Crippen molar-refractivity contribution in [2.75, 3.05) is 0 Å². The van der Waals surface area contributed by atoms with Gasteiger partial charge in [-0.1, -0.05) is 48.5 Å². The van der Waals surface area contributed by atoms with Crippen LogP contribution >= 0.6 is 0 Å². The summed E-state index contributed by atoms with van der Waals surface area (Å²) < 4.78 is 5.04. The van der Waals surface area contributed by atoms with E-state index in [0.29, 0.717) is 0 Å². The standard InChI is InChI=1S/C15H10O2.3C4H9.Sn/c16-15(17)14-12-7-3-1-5-10(12)9-11-6-2-4-8-13(11)14;3*1-3-4-2;/h1-9H,(H,16,17);3*1,3-4H2,2H3;/q;;;;+1/p-1. The van der Waals surface area contributed by atoms with Crippen LogP contribution in [0.4, 0.5) is 0 Å². The van der Waals surface area contributed by atoms with Crippen LogP contribution in [0.2, 0.25) is 13.3 Å². The zero-order chi connectivity index (χ0) is 21.8. The molecule has 0 unspecified atom stereocenters. The van der Waals surface area contributed by atoms with E-state index in [1.807, 2.05) is 54.6 Å². The van der Waals surface area contributed by atoms with Crippen molar-refractivity contribution < 1.29 is 9.90 Å². The zero-order valence-electron chi connectivity index (χ0n) is 18.9. The van der Waals surface area contributed by atoms with Gasteiger partial charge in [0.25, 0.3) is 0 Å². The van der Waals surface area contributed by atoms with Gasteiger partial charge >= 0.3 is 92.4 Å². The Labute approximate surface area is 189 Å². The van der Waals surface area contributed by atoms with Gasteiger partial charge in [0.15, 0.2) is 0 Å². The molecule has 0 bridgehead atoms. The van der Waals surface area contributed by atoms with Crippen molar-refractivity contribution in [2.24, 2.45) is 0 Å². The van der Waals surface area contributed by atoms with Crippen LogP contribution in [-0.2, 0) is 0 Å². The van der Waals surface area contributed by atoms with Crippen molar-refractivity contribution in [3.8, 4) is 0 Å². The topological polar surface area (TPSA) is 40.1 Å². The SMILES string of the molecule is CCC[CH2][Sn+]([CH2]CCC)[CH2]CCC.O=C([O-])c1c2ccccc2cc2ccccc12. The number of hydrogen-bond donors (Lipinski definition) is 0. The minimum Gasteiger partial charge on any atom is -0.545 e. The molecule has 160 valence electrons. The monoisotopic (exact) mass is 512 g/mol. The first-order valence-electron chi connectivity index (χ1n) is 11.6. The van der Waals surface area contributed by atoms with Gasteiger partial charge in [0.2, 0.25) is 0 Å². The number of carbonyl (C=O) groups excluding carboxylic acids is 1. The molecule has 0 spiro atoms. The molecule has 0 aromatic heterocycles. The van der Waals surface area contributed by atoms with E-state index in [0.717, 1.165) is 21.5 Å². The molecule has 0 heterocycles. The average Bonchev–Trinajstić information content (AvgIpc) is 2.77. The molecule has 2 nitrogen and oxygen atoms in total. The molecule has 3 aromatic carbocycles. The summed E-state index contributed by atoms with van der Waals surface area (Å²) in [7, 11) is 0. The summed E-state index contributed by atoms with van der Waals surface area (Å²) in [5.74, 6) is -1.13. The third-order valence-electron chi connectivity index (χ3n) is 5.63. The third kappa shape index (κ3) is 7.30. The molecule has 0 aliphatic heterocycles. The molecule has 0 N–H and O–H groups in total. The molecule has 30 heavy (non-hydrogen) atoms. The van der Waals surface area contributed by atoms with Crippen LogP contribution in [0.15, 0.2) is 54.6 Å². The molecule has 0 saturated carbocycles. The maximum absolute atomic E-state index is 11.3. The van der Waals surface area contributed by atoms with Gasteiger partial charge in [-0.25, -0.2) is 0 Å². The first-order valence-corrected chi connectivity index (χ1v) is 17.6. The summed E-state index contributed by atoms with van der Waals surface area (Å²) in [6, 6.07) is 16.9. The maximum atomic E-state index is 11.3. The van der Waals surface area contributed by atoms with Gasteiger partial charge in [-0.05, 0) is 27.6 Å². The Morgan fingerprint density at radius 1 is 0.733 bits per heavy atom. The Kier molecular flexibility index (Phi) is 11.3. The first kappa shape index (κ1) is 24.7. The van der Waals surface area contributed by atoms with Gasteiger partial charge in [-0.2, -0.15) is 0 Å². The predicted molar refractivity (Wildman–Crippen MR) is 131 cm³/mol. The van der Waals surface area contributed by atoms with E-state index in [2.05, 4.69) is 20.8 Å². The number of carbonyl (C=O) groups is 1. The van der Waals surface area contributed by atoms with Crippen LogP contribution < -0.4 is 5.11 Å². The number of hydrogen-bond acceptors (Lipinski definition) is 2. The first-order chi connectivity index (χ1) is 14.6. The zero-order valence-corrected chi connectivity index (χ0v) is 21.7.